The number of fused-ring (bicyclic) bond motifs is 1. The van der Waals surface area contributed by atoms with Crippen LogP contribution in [0.3, 0.4) is 0 Å². The molecule has 0 amide bonds. The summed E-state index contributed by atoms with van der Waals surface area (Å²) in [6.07, 6.45) is 4.31. The molecule has 1 heterocycles. The SMILES string of the molecule is NC1(CC(=O)c2ccc3c(c2)OCCCO3)CCC1. The zero-order valence-electron chi connectivity index (χ0n) is 11.0. The lowest BCUT2D eigenvalue weighted by molar-refractivity contribution is 0.0912. The Morgan fingerprint density at radius 3 is 2.58 bits per heavy atom. The second-order valence-corrected chi connectivity index (χ2v) is 5.53. The van der Waals surface area contributed by atoms with E-state index >= 15 is 0 Å². The zero-order valence-corrected chi connectivity index (χ0v) is 11.0. The van der Waals surface area contributed by atoms with Crippen LogP contribution in [-0.2, 0) is 0 Å². The van der Waals surface area contributed by atoms with Crippen LogP contribution in [0.5, 0.6) is 11.5 Å². The maximum absolute atomic E-state index is 12.2. The topological polar surface area (TPSA) is 61.6 Å². The molecule has 0 saturated heterocycles. The van der Waals surface area contributed by atoms with Gasteiger partial charge in [0.05, 0.1) is 13.2 Å². The number of hydrogen-bond donors (Lipinski definition) is 1. The van der Waals surface area contributed by atoms with Crippen LogP contribution in [0.15, 0.2) is 18.2 Å². The lowest BCUT2D eigenvalue weighted by Gasteiger charge is -2.37. The number of benzene rings is 1. The highest BCUT2D eigenvalue weighted by Gasteiger charge is 2.35. The molecule has 1 fully saturated rings. The van der Waals surface area contributed by atoms with E-state index in [-0.39, 0.29) is 11.3 Å². The molecule has 0 radical (unpaired) electrons. The van der Waals surface area contributed by atoms with Crippen LogP contribution in [0.1, 0.15) is 42.5 Å². The van der Waals surface area contributed by atoms with Gasteiger partial charge in [0.2, 0.25) is 0 Å². The van der Waals surface area contributed by atoms with E-state index in [1.807, 2.05) is 6.07 Å². The molecule has 1 saturated carbocycles. The number of rotatable bonds is 3. The summed E-state index contributed by atoms with van der Waals surface area (Å²) in [4.78, 5) is 12.2. The molecule has 0 aromatic heterocycles. The van der Waals surface area contributed by atoms with Crippen molar-refractivity contribution in [1.29, 1.82) is 0 Å². The highest BCUT2D eigenvalue weighted by Crippen LogP contribution is 2.35. The average Bonchev–Trinajstić information content (AvgIpc) is 2.61. The molecule has 4 nitrogen and oxygen atoms in total. The molecule has 1 aromatic rings. The van der Waals surface area contributed by atoms with E-state index in [2.05, 4.69) is 0 Å². The van der Waals surface area contributed by atoms with Gasteiger partial charge in [0.25, 0.3) is 0 Å². The van der Waals surface area contributed by atoms with Gasteiger partial charge in [-0.05, 0) is 37.5 Å². The quantitative estimate of drug-likeness (QED) is 0.848. The van der Waals surface area contributed by atoms with Crippen LogP contribution in [-0.4, -0.2) is 24.5 Å². The third-order valence-electron chi connectivity index (χ3n) is 3.93. The molecule has 2 N–H and O–H groups in total. The maximum Gasteiger partial charge on any atom is 0.164 e. The summed E-state index contributed by atoms with van der Waals surface area (Å²) in [5.74, 6) is 1.49. The summed E-state index contributed by atoms with van der Waals surface area (Å²) in [6.45, 7) is 1.29. The van der Waals surface area contributed by atoms with Gasteiger partial charge in [-0.3, -0.25) is 4.79 Å². The van der Waals surface area contributed by atoms with Gasteiger partial charge in [0.15, 0.2) is 17.3 Å². The van der Waals surface area contributed by atoms with Crippen molar-refractivity contribution in [2.45, 2.75) is 37.6 Å². The molecule has 0 bridgehead atoms. The largest absolute Gasteiger partial charge is 0.490 e. The van der Waals surface area contributed by atoms with Crippen LogP contribution in [0.4, 0.5) is 0 Å². The fourth-order valence-electron chi connectivity index (χ4n) is 2.57. The third-order valence-corrected chi connectivity index (χ3v) is 3.93. The monoisotopic (exact) mass is 261 g/mol. The van der Waals surface area contributed by atoms with Crippen LogP contribution in [0, 0.1) is 0 Å². The Hall–Kier alpha value is -1.55. The van der Waals surface area contributed by atoms with E-state index in [1.54, 1.807) is 12.1 Å². The highest BCUT2D eigenvalue weighted by atomic mass is 16.5. The summed E-state index contributed by atoms with van der Waals surface area (Å²) in [5.41, 5.74) is 6.52. The Kier molecular flexibility index (Phi) is 3.19. The first-order valence-corrected chi connectivity index (χ1v) is 6.88. The highest BCUT2D eigenvalue weighted by molar-refractivity contribution is 5.97. The minimum Gasteiger partial charge on any atom is -0.490 e. The second-order valence-electron chi connectivity index (χ2n) is 5.53. The molecule has 1 aliphatic carbocycles. The van der Waals surface area contributed by atoms with Crippen molar-refractivity contribution in [2.75, 3.05) is 13.2 Å². The van der Waals surface area contributed by atoms with Crippen LogP contribution >= 0.6 is 0 Å². The van der Waals surface area contributed by atoms with E-state index < -0.39 is 0 Å². The van der Waals surface area contributed by atoms with E-state index in [0.717, 1.165) is 31.4 Å². The van der Waals surface area contributed by atoms with E-state index in [9.17, 15) is 4.79 Å². The molecule has 1 aliphatic heterocycles. The zero-order chi connectivity index (χ0) is 13.3. The smallest absolute Gasteiger partial charge is 0.164 e. The number of ketones is 1. The minimum absolute atomic E-state index is 0.0952. The number of carbonyl (C=O) groups is 1. The van der Waals surface area contributed by atoms with Crippen molar-refractivity contribution in [1.82, 2.24) is 0 Å². The van der Waals surface area contributed by atoms with Gasteiger partial charge in [-0.1, -0.05) is 0 Å². The van der Waals surface area contributed by atoms with Crippen LogP contribution in [0.25, 0.3) is 0 Å². The van der Waals surface area contributed by atoms with Crippen molar-refractivity contribution in [2.24, 2.45) is 5.73 Å². The molecular formula is C15H19NO3. The molecule has 0 unspecified atom stereocenters. The lowest BCUT2D eigenvalue weighted by atomic mass is 9.74. The normalized spacial score (nSPS) is 20.3. The van der Waals surface area contributed by atoms with E-state index in [1.165, 1.54) is 0 Å². The van der Waals surface area contributed by atoms with Gasteiger partial charge >= 0.3 is 0 Å². The Morgan fingerprint density at radius 2 is 1.89 bits per heavy atom. The van der Waals surface area contributed by atoms with Crippen molar-refractivity contribution in [3.05, 3.63) is 23.8 Å². The van der Waals surface area contributed by atoms with Gasteiger partial charge in [0.1, 0.15) is 0 Å². The summed E-state index contributed by atoms with van der Waals surface area (Å²) in [7, 11) is 0. The van der Waals surface area contributed by atoms with Crippen molar-refractivity contribution in [3.8, 4) is 11.5 Å². The molecule has 19 heavy (non-hydrogen) atoms. The molecule has 0 atom stereocenters. The van der Waals surface area contributed by atoms with Crippen LogP contribution in [0.2, 0.25) is 0 Å². The van der Waals surface area contributed by atoms with Gasteiger partial charge in [-0.15, -0.1) is 0 Å². The first kappa shape index (κ1) is 12.5. The summed E-state index contributed by atoms with van der Waals surface area (Å²) >= 11 is 0. The lowest BCUT2D eigenvalue weighted by Crippen LogP contribution is -2.48. The Bertz CT molecular complexity index is 494. The Morgan fingerprint density at radius 1 is 1.16 bits per heavy atom. The van der Waals surface area contributed by atoms with E-state index in [0.29, 0.717) is 30.9 Å². The first-order chi connectivity index (χ1) is 9.16. The standard InChI is InChI=1S/C15H19NO3/c16-15(5-1-6-15)10-12(17)11-3-4-13-14(9-11)19-8-2-7-18-13/h3-4,9H,1-2,5-8,10,16H2. The van der Waals surface area contributed by atoms with Crippen molar-refractivity contribution in [3.63, 3.8) is 0 Å². The van der Waals surface area contributed by atoms with Gasteiger partial charge in [-0.2, -0.15) is 0 Å². The molecule has 102 valence electrons. The van der Waals surface area contributed by atoms with Crippen molar-refractivity contribution >= 4 is 5.78 Å². The molecule has 0 spiro atoms. The molecular weight excluding hydrogens is 242 g/mol. The molecule has 3 rings (SSSR count). The summed E-state index contributed by atoms with van der Waals surface area (Å²) in [5, 5.41) is 0. The maximum atomic E-state index is 12.2. The first-order valence-electron chi connectivity index (χ1n) is 6.88. The predicted molar refractivity (Wildman–Crippen MR) is 71.8 cm³/mol. The van der Waals surface area contributed by atoms with Gasteiger partial charge < -0.3 is 15.2 Å². The van der Waals surface area contributed by atoms with Gasteiger partial charge in [0, 0.05) is 23.9 Å². The van der Waals surface area contributed by atoms with Gasteiger partial charge in [-0.25, -0.2) is 0 Å². The third kappa shape index (κ3) is 2.59. The number of nitrogens with two attached hydrogens (primary N) is 1. The summed E-state index contributed by atoms with van der Waals surface area (Å²) < 4.78 is 11.2. The Labute approximate surface area is 112 Å². The molecule has 1 aromatic carbocycles. The summed E-state index contributed by atoms with van der Waals surface area (Å²) in [6, 6.07) is 5.40. The predicted octanol–water partition coefficient (Wildman–Crippen LogP) is 2.30. The fourth-order valence-corrected chi connectivity index (χ4v) is 2.57. The Balaban J connectivity index is 1.77. The average molecular weight is 261 g/mol. The fraction of sp³-hybridized carbons (Fsp3) is 0.533. The second kappa shape index (κ2) is 4.85. The number of carbonyl (C=O) groups excluding carboxylic acids is 1. The van der Waals surface area contributed by atoms with E-state index in [4.69, 9.17) is 15.2 Å². The minimum atomic E-state index is -0.277. The van der Waals surface area contributed by atoms with Crippen LogP contribution < -0.4 is 15.2 Å². The molecule has 2 aliphatic rings. The number of ether oxygens (including phenoxy) is 2. The molecule has 4 heteroatoms. The number of hydrogen-bond acceptors (Lipinski definition) is 4. The number of Topliss-reactive ketones (excluding diaryl/α,β-unsaturated/α-hetero) is 1. The van der Waals surface area contributed by atoms with Crippen molar-refractivity contribution < 1.29 is 14.3 Å².